The maximum Gasteiger partial charge on any atom is 0.119 e. The van der Waals surface area contributed by atoms with Crippen LogP contribution in [0.5, 0.6) is 11.5 Å². The van der Waals surface area contributed by atoms with Gasteiger partial charge >= 0.3 is 0 Å². The van der Waals surface area contributed by atoms with Gasteiger partial charge in [-0.3, -0.25) is 0 Å². The van der Waals surface area contributed by atoms with Crippen molar-refractivity contribution < 1.29 is 30.9 Å². The van der Waals surface area contributed by atoms with Crippen molar-refractivity contribution in [3.05, 3.63) is 60.7 Å². The van der Waals surface area contributed by atoms with Crippen LogP contribution in [0.3, 0.4) is 0 Å². The molecule has 0 aliphatic carbocycles. The molecule has 0 fully saturated rings. The van der Waals surface area contributed by atoms with Crippen molar-refractivity contribution in [2.45, 2.75) is 25.7 Å². The molecule has 0 N–H and O–H groups in total. The second-order valence-electron chi connectivity index (χ2n) is 7.12. The monoisotopic (exact) mass is 421 g/mol. The first kappa shape index (κ1) is 22.5. The lowest BCUT2D eigenvalue weighted by Crippen LogP contribution is -3.00. The van der Waals surface area contributed by atoms with Gasteiger partial charge in [-0.25, -0.2) is 0 Å². The average molecular weight is 422 g/mol. The van der Waals surface area contributed by atoms with Crippen LogP contribution in [0.25, 0.3) is 0 Å². The molecule has 0 saturated carbocycles. The molecule has 0 aliphatic heterocycles. The van der Waals surface area contributed by atoms with Gasteiger partial charge in [0.05, 0.1) is 40.4 Å². The molecule has 0 radical (unpaired) electrons. The zero-order valence-electron chi connectivity index (χ0n) is 16.1. The van der Waals surface area contributed by atoms with Gasteiger partial charge in [0.2, 0.25) is 0 Å². The zero-order valence-corrected chi connectivity index (χ0v) is 17.7. The van der Waals surface area contributed by atoms with E-state index < -0.39 is 0 Å². The molecule has 0 heterocycles. The lowest BCUT2D eigenvalue weighted by molar-refractivity contribution is -0.890. The first-order chi connectivity index (χ1) is 12.2. The third-order valence-electron chi connectivity index (χ3n) is 4.34. The van der Waals surface area contributed by atoms with E-state index >= 15 is 0 Å². The van der Waals surface area contributed by atoms with Gasteiger partial charge in [-0.2, -0.15) is 0 Å². The van der Waals surface area contributed by atoms with Crippen molar-refractivity contribution >= 4 is 0 Å². The summed E-state index contributed by atoms with van der Waals surface area (Å²) in [5, 5.41) is 0. The van der Waals surface area contributed by atoms with Crippen molar-refractivity contribution in [1.82, 2.24) is 0 Å². The Bertz CT molecular complexity index is 524. The number of quaternary nitrogens is 1. The highest BCUT2D eigenvalue weighted by atomic mass is 79.9. The lowest BCUT2D eigenvalue weighted by Gasteiger charge is -2.30. The van der Waals surface area contributed by atoms with E-state index in [-0.39, 0.29) is 17.0 Å². The van der Waals surface area contributed by atoms with Crippen LogP contribution in [0.4, 0.5) is 0 Å². The summed E-state index contributed by atoms with van der Waals surface area (Å²) in [6.45, 7) is 3.99. The van der Waals surface area contributed by atoms with Gasteiger partial charge in [0.1, 0.15) is 11.5 Å². The predicted molar refractivity (Wildman–Crippen MR) is 104 cm³/mol. The molecule has 4 heteroatoms. The molecule has 0 saturated heterocycles. The number of halogens is 1. The van der Waals surface area contributed by atoms with E-state index in [0.29, 0.717) is 0 Å². The first-order valence-electron chi connectivity index (χ1n) is 9.33. The number of ether oxygens (including phenoxy) is 2. The van der Waals surface area contributed by atoms with E-state index in [1.54, 1.807) is 0 Å². The summed E-state index contributed by atoms with van der Waals surface area (Å²) in [4.78, 5) is 0. The molecule has 0 bridgehead atoms. The standard InChI is InChI=1S/C22H32NO2.BrH/c1-23(2,17-9-11-19-24-21-13-5-3-6-14-21)18-10-12-20-25-22-15-7-4-8-16-22;/h3-8,13-16H,9-12,17-20H2,1-2H3;1H/q+1;/p-1. The summed E-state index contributed by atoms with van der Waals surface area (Å²) in [6, 6.07) is 20.1. The van der Waals surface area contributed by atoms with Crippen molar-refractivity contribution in [3.8, 4) is 11.5 Å². The normalized spacial score (nSPS) is 10.8. The van der Waals surface area contributed by atoms with Crippen LogP contribution in [0.1, 0.15) is 25.7 Å². The lowest BCUT2D eigenvalue weighted by atomic mass is 10.2. The van der Waals surface area contributed by atoms with Crippen molar-refractivity contribution in [2.24, 2.45) is 0 Å². The molecular weight excluding hydrogens is 390 g/mol. The van der Waals surface area contributed by atoms with Gasteiger partial charge in [0.15, 0.2) is 0 Å². The maximum atomic E-state index is 5.75. The predicted octanol–water partition coefficient (Wildman–Crippen LogP) is 1.79. The molecule has 2 aromatic carbocycles. The second-order valence-corrected chi connectivity index (χ2v) is 7.12. The Morgan fingerprint density at radius 3 is 1.38 bits per heavy atom. The fourth-order valence-electron chi connectivity index (χ4n) is 2.81. The largest absolute Gasteiger partial charge is 1.00 e. The van der Waals surface area contributed by atoms with Gasteiger partial charge in [-0.15, -0.1) is 0 Å². The molecule has 0 unspecified atom stereocenters. The highest BCUT2D eigenvalue weighted by Gasteiger charge is 2.13. The molecular formula is C22H32BrNO2. The van der Waals surface area contributed by atoms with Crippen LogP contribution in [0, 0.1) is 0 Å². The van der Waals surface area contributed by atoms with Crippen LogP contribution < -0.4 is 26.5 Å². The smallest absolute Gasteiger partial charge is 0.119 e. The molecule has 26 heavy (non-hydrogen) atoms. The molecule has 0 amide bonds. The Balaban J connectivity index is 0.00000338. The Hall–Kier alpha value is -1.52. The number of hydrogen-bond donors (Lipinski definition) is 0. The SMILES string of the molecule is C[N+](C)(CCCCOc1ccccc1)CCCCOc1ccccc1.[Br-]. The summed E-state index contributed by atoms with van der Waals surface area (Å²) in [5.41, 5.74) is 0. The van der Waals surface area contributed by atoms with Gasteiger partial charge in [-0.1, -0.05) is 36.4 Å². The number of unbranched alkanes of at least 4 members (excludes halogenated alkanes) is 2. The summed E-state index contributed by atoms with van der Waals surface area (Å²) < 4.78 is 12.6. The van der Waals surface area contributed by atoms with Gasteiger partial charge in [0.25, 0.3) is 0 Å². The van der Waals surface area contributed by atoms with Crippen LogP contribution >= 0.6 is 0 Å². The van der Waals surface area contributed by atoms with Crippen molar-refractivity contribution in [2.75, 3.05) is 40.4 Å². The number of hydrogen-bond acceptors (Lipinski definition) is 2. The molecule has 0 aliphatic rings. The Labute approximate surface area is 169 Å². The minimum atomic E-state index is 0. The summed E-state index contributed by atoms with van der Waals surface area (Å²) in [6.07, 6.45) is 4.60. The Morgan fingerprint density at radius 1 is 0.615 bits per heavy atom. The average Bonchev–Trinajstić information content (AvgIpc) is 2.63. The van der Waals surface area contributed by atoms with Crippen LogP contribution in [-0.2, 0) is 0 Å². The molecule has 2 rings (SSSR count). The number of rotatable bonds is 12. The van der Waals surface area contributed by atoms with E-state index in [9.17, 15) is 0 Å². The Morgan fingerprint density at radius 2 is 1.00 bits per heavy atom. The first-order valence-corrected chi connectivity index (χ1v) is 9.33. The molecule has 0 aromatic heterocycles. The van der Waals surface area contributed by atoms with Gasteiger partial charge in [0, 0.05) is 0 Å². The van der Waals surface area contributed by atoms with E-state index in [0.717, 1.165) is 42.0 Å². The number of para-hydroxylation sites is 2. The van der Waals surface area contributed by atoms with Gasteiger partial charge < -0.3 is 30.9 Å². The maximum absolute atomic E-state index is 5.75. The summed E-state index contributed by atoms with van der Waals surface area (Å²) in [5.74, 6) is 1.93. The Kier molecular flexibility index (Phi) is 11.1. The van der Waals surface area contributed by atoms with Crippen molar-refractivity contribution in [3.63, 3.8) is 0 Å². The molecule has 144 valence electrons. The van der Waals surface area contributed by atoms with E-state index in [1.807, 2.05) is 60.7 Å². The van der Waals surface area contributed by atoms with E-state index in [1.165, 1.54) is 25.9 Å². The quantitative estimate of drug-likeness (QED) is 0.384. The highest BCUT2D eigenvalue weighted by molar-refractivity contribution is 5.21. The summed E-state index contributed by atoms with van der Waals surface area (Å²) >= 11 is 0. The fraction of sp³-hybridized carbons (Fsp3) is 0.455. The van der Waals surface area contributed by atoms with Gasteiger partial charge in [-0.05, 0) is 49.9 Å². The zero-order chi connectivity index (χ0) is 17.8. The fourth-order valence-corrected chi connectivity index (χ4v) is 2.81. The highest BCUT2D eigenvalue weighted by Crippen LogP contribution is 2.11. The second kappa shape index (κ2) is 12.8. The van der Waals surface area contributed by atoms with Crippen LogP contribution in [0.15, 0.2) is 60.7 Å². The third-order valence-corrected chi connectivity index (χ3v) is 4.34. The summed E-state index contributed by atoms with van der Waals surface area (Å²) in [7, 11) is 4.63. The molecule has 3 nitrogen and oxygen atoms in total. The minimum absolute atomic E-state index is 0. The number of benzene rings is 2. The van der Waals surface area contributed by atoms with E-state index in [2.05, 4.69) is 14.1 Å². The molecule has 0 spiro atoms. The van der Waals surface area contributed by atoms with Crippen molar-refractivity contribution in [1.29, 1.82) is 0 Å². The number of nitrogens with zero attached hydrogens (tertiary/aromatic N) is 1. The van der Waals surface area contributed by atoms with Crippen LogP contribution in [0.2, 0.25) is 0 Å². The molecule has 2 aromatic rings. The van der Waals surface area contributed by atoms with E-state index in [4.69, 9.17) is 9.47 Å². The molecule has 0 atom stereocenters. The topological polar surface area (TPSA) is 18.5 Å². The van der Waals surface area contributed by atoms with Crippen LogP contribution in [-0.4, -0.2) is 44.9 Å². The third kappa shape index (κ3) is 9.83. The minimum Gasteiger partial charge on any atom is -1.00 e.